The van der Waals surface area contributed by atoms with Gasteiger partial charge < -0.3 is 4.74 Å². The second-order valence-corrected chi connectivity index (χ2v) is 4.73. The number of hydrogen-bond acceptors (Lipinski definition) is 3. The van der Waals surface area contributed by atoms with Crippen LogP contribution in [0, 0.1) is 6.92 Å². The van der Waals surface area contributed by atoms with Crippen molar-refractivity contribution in [1.29, 1.82) is 0 Å². The van der Waals surface area contributed by atoms with E-state index in [0.717, 1.165) is 15.9 Å². The quantitative estimate of drug-likeness (QED) is 0.833. The van der Waals surface area contributed by atoms with E-state index in [1.807, 2.05) is 20.9 Å². The molecule has 0 aromatic carbocycles. The first-order valence-electron chi connectivity index (χ1n) is 5.18. The molecule has 1 aromatic rings. The minimum absolute atomic E-state index is 0.0272. The van der Waals surface area contributed by atoms with Crippen LogP contribution in [0.15, 0.2) is 4.47 Å². The number of hydrogen-bond donors (Lipinski definition) is 0. The van der Waals surface area contributed by atoms with Crippen LogP contribution >= 0.6 is 15.9 Å². The Bertz CT molecular complexity index is 388. The lowest BCUT2D eigenvalue weighted by atomic mass is 10.1. The smallest absolute Gasteiger partial charge is 0.141 e. The summed E-state index contributed by atoms with van der Waals surface area (Å²) in [5, 5.41) is 4.25. The summed E-state index contributed by atoms with van der Waals surface area (Å²) in [6.07, 6.45) is 0.805. The lowest BCUT2D eigenvalue weighted by molar-refractivity contribution is -0.120. The normalized spacial score (nSPS) is 12.8. The highest BCUT2D eigenvalue weighted by Crippen LogP contribution is 2.21. The molecule has 4 nitrogen and oxygen atoms in total. The molecular formula is C11H17BrN2O2. The number of aromatic nitrogens is 2. The molecule has 5 heteroatoms. The molecule has 90 valence electrons. The van der Waals surface area contributed by atoms with Crippen LogP contribution in [0.1, 0.15) is 24.7 Å². The predicted octanol–water partition coefficient (Wildman–Crippen LogP) is 2.03. The molecule has 0 radical (unpaired) electrons. The molecule has 0 aliphatic carbocycles. The number of rotatable bonds is 5. The fourth-order valence-corrected chi connectivity index (χ4v) is 2.01. The van der Waals surface area contributed by atoms with Crippen molar-refractivity contribution in [1.82, 2.24) is 9.78 Å². The molecule has 0 saturated carbocycles. The SMILES string of the molecule is COC(C)CC(=O)Cc1c(Br)c(C)nn1C. The van der Waals surface area contributed by atoms with Crippen LogP contribution in [0.5, 0.6) is 0 Å². The number of ether oxygens (including phenoxy) is 1. The van der Waals surface area contributed by atoms with Crippen LogP contribution in [-0.2, 0) is 23.0 Å². The molecule has 0 amide bonds. The van der Waals surface area contributed by atoms with Crippen molar-refractivity contribution >= 4 is 21.7 Å². The highest BCUT2D eigenvalue weighted by atomic mass is 79.9. The number of nitrogens with zero attached hydrogens (tertiary/aromatic N) is 2. The second-order valence-electron chi connectivity index (χ2n) is 3.94. The monoisotopic (exact) mass is 288 g/mol. The van der Waals surface area contributed by atoms with Gasteiger partial charge in [-0.2, -0.15) is 5.10 Å². The van der Waals surface area contributed by atoms with Gasteiger partial charge in [-0.15, -0.1) is 0 Å². The van der Waals surface area contributed by atoms with Gasteiger partial charge in [0.1, 0.15) is 5.78 Å². The number of halogens is 1. The highest BCUT2D eigenvalue weighted by molar-refractivity contribution is 9.10. The molecule has 0 aliphatic rings. The first kappa shape index (κ1) is 13.4. The van der Waals surface area contributed by atoms with Crippen LogP contribution in [0.25, 0.3) is 0 Å². The van der Waals surface area contributed by atoms with Crippen LogP contribution in [0.2, 0.25) is 0 Å². The molecule has 0 bridgehead atoms. The van der Waals surface area contributed by atoms with Crippen molar-refractivity contribution in [3.05, 3.63) is 15.9 Å². The number of methoxy groups -OCH3 is 1. The Morgan fingerprint density at radius 1 is 1.62 bits per heavy atom. The van der Waals surface area contributed by atoms with Gasteiger partial charge in [-0.1, -0.05) is 0 Å². The summed E-state index contributed by atoms with van der Waals surface area (Å²) in [7, 11) is 3.46. The Morgan fingerprint density at radius 2 is 2.25 bits per heavy atom. The van der Waals surface area contributed by atoms with E-state index in [1.165, 1.54) is 0 Å². The largest absolute Gasteiger partial charge is 0.381 e. The lowest BCUT2D eigenvalue weighted by Crippen LogP contribution is -2.15. The maximum Gasteiger partial charge on any atom is 0.141 e. The number of Topliss-reactive ketones (excluding diaryl/α,β-unsaturated/α-hetero) is 1. The molecular weight excluding hydrogens is 272 g/mol. The zero-order valence-electron chi connectivity index (χ0n) is 10.1. The van der Waals surface area contributed by atoms with Crippen molar-refractivity contribution < 1.29 is 9.53 Å². The zero-order chi connectivity index (χ0) is 12.3. The fraction of sp³-hybridized carbons (Fsp3) is 0.636. The number of ketones is 1. The zero-order valence-corrected chi connectivity index (χ0v) is 11.7. The number of carbonyl (C=O) groups excluding carboxylic acids is 1. The average molecular weight is 289 g/mol. The van der Waals surface area contributed by atoms with Crippen molar-refractivity contribution in [2.24, 2.45) is 7.05 Å². The van der Waals surface area contributed by atoms with E-state index in [1.54, 1.807) is 11.8 Å². The van der Waals surface area contributed by atoms with Gasteiger partial charge in [0.15, 0.2) is 0 Å². The third kappa shape index (κ3) is 3.15. The summed E-state index contributed by atoms with van der Waals surface area (Å²) in [6, 6.07) is 0. The fourth-order valence-electron chi connectivity index (χ4n) is 1.54. The summed E-state index contributed by atoms with van der Waals surface area (Å²) in [4.78, 5) is 11.8. The maximum absolute atomic E-state index is 11.8. The van der Waals surface area contributed by atoms with E-state index < -0.39 is 0 Å². The maximum atomic E-state index is 11.8. The topological polar surface area (TPSA) is 44.1 Å². The van der Waals surface area contributed by atoms with Crippen LogP contribution < -0.4 is 0 Å². The van der Waals surface area contributed by atoms with Gasteiger partial charge in [0.2, 0.25) is 0 Å². The van der Waals surface area contributed by atoms with E-state index in [2.05, 4.69) is 21.0 Å². The van der Waals surface area contributed by atoms with Gasteiger partial charge >= 0.3 is 0 Å². The molecule has 0 fully saturated rings. The molecule has 1 aromatic heterocycles. The molecule has 1 rings (SSSR count). The van der Waals surface area contributed by atoms with Crippen LogP contribution in [-0.4, -0.2) is 28.8 Å². The molecule has 0 N–H and O–H groups in total. The Kier molecular flexibility index (Phi) is 4.68. The van der Waals surface area contributed by atoms with Crippen molar-refractivity contribution in [2.45, 2.75) is 32.8 Å². The van der Waals surface area contributed by atoms with Gasteiger partial charge in [0.25, 0.3) is 0 Å². The van der Waals surface area contributed by atoms with Crippen molar-refractivity contribution in [3.8, 4) is 0 Å². The van der Waals surface area contributed by atoms with Gasteiger partial charge in [0.05, 0.1) is 22.0 Å². The van der Waals surface area contributed by atoms with Crippen molar-refractivity contribution in [3.63, 3.8) is 0 Å². The summed E-state index contributed by atoms with van der Waals surface area (Å²) in [6.45, 7) is 3.80. The van der Waals surface area contributed by atoms with Crippen molar-refractivity contribution in [2.75, 3.05) is 7.11 Å². The minimum Gasteiger partial charge on any atom is -0.381 e. The summed E-state index contributed by atoms with van der Waals surface area (Å²) in [5.74, 6) is 0.165. The second kappa shape index (κ2) is 5.59. The summed E-state index contributed by atoms with van der Waals surface area (Å²) >= 11 is 3.45. The van der Waals surface area contributed by atoms with E-state index in [4.69, 9.17) is 4.74 Å². The molecule has 1 heterocycles. The Morgan fingerprint density at radius 3 is 2.69 bits per heavy atom. The third-order valence-electron chi connectivity index (χ3n) is 2.54. The van der Waals surface area contributed by atoms with Gasteiger partial charge in [-0.3, -0.25) is 9.48 Å². The van der Waals surface area contributed by atoms with E-state index in [9.17, 15) is 4.79 Å². The van der Waals surface area contributed by atoms with Crippen LogP contribution in [0.4, 0.5) is 0 Å². The van der Waals surface area contributed by atoms with Crippen LogP contribution in [0.3, 0.4) is 0 Å². The van der Waals surface area contributed by atoms with Gasteiger partial charge in [-0.25, -0.2) is 0 Å². The summed E-state index contributed by atoms with van der Waals surface area (Å²) in [5.41, 5.74) is 1.83. The van der Waals surface area contributed by atoms with Gasteiger partial charge in [-0.05, 0) is 29.8 Å². The molecule has 1 unspecified atom stereocenters. The summed E-state index contributed by atoms with van der Waals surface area (Å²) < 4.78 is 7.74. The first-order valence-corrected chi connectivity index (χ1v) is 5.97. The number of carbonyl (C=O) groups is 1. The third-order valence-corrected chi connectivity index (χ3v) is 3.58. The standard InChI is InChI=1S/C11H17BrN2O2/c1-7(16-4)5-9(15)6-10-11(12)8(2)13-14(10)3/h7H,5-6H2,1-4H3. The molecule has 16 heavy (non-hydrogen) atoms. The minimum atomic E-state index is -0.0272. The van der Waals surface area contributed by atoms with E-state index in [-0.39, 0.29) is 11.9 Å². The van der Waals surface area contributed by atoms with Gasteiger partial charge in [0, 0.05) is 27.0 Å². The Hall–Kier alpha value is -0.680. The lowest BCUT2D eigenvalue weighted by Gasteiger charge is -2.08. The molecule has 0 spiro atoms. The molecule has 0 aliphatic heterocycles. The number of aryl methyl sites for hydroxylation is 2. The Balaban J connectivity index is 2.70. The van der Waals surface area contributed by atoms with E-state index in [0.29, 0.717) is 12.8 Å². The highest BCUT2D eigenvalue weighted by Gasteiger charge is 2.15. The first-order chi connectivity index (χ1) is 7.45. The van der Waals surface area contributed by atoms with E-state index >= 15 is 0 Å². The Labute approximate surface area is 104 Å². The average Bonchev–Trinajstić information content (AvgIpc) is 2.45. The predicted molar refractivity (Wildman–Crippen MR) is 65.4 cm³/mol. The molecule has 1 atom stereocenters. The molecule has 0 saturated heterocycles.